The third-order valence-electron chi connectivity index (χ3n) is 6.23. The zero-order chi connectivity index (χ0) is 28.4. The van der Waals surface area contributed by atoms with E-state index >= 15 is 8.78 Å². The molecule has 0 unspecified atom stereocenters. The van der Waals surface area contributed by atoms with Crippen LogP contribution in [0.3, 0.4) is 0 Å². The largest absolute Gasteiger partial charge is 0.421 e. The first-order valence-electron chi connectivity index (χ1n) is 12.0. The third kappa shape index (κ3) is 4.86. The van der Waals surface area contributed by atoms with Gasteiger partial charge in [-0.1, -0.05) is 12.1 Å². The summed E-state index contributed by atoms with van der Waals surface area (Å²) in [4.78, 5) is 20.7. The number of hydrogen-bond acceptors (Lipinski definition) is 6. The lowest BCUT2D eigenvalue weighted by atomic mass is 9.96. The van der Waals surface area contributed by atoms with Gasteiger partial charge in [-0.05, 0) is 70.5 Å². The predicted molar refractivity (Wildman–Crippen MR) is 151 cm³/mol. The highest BCUT2D eigenvalue weighted by Gasteiger charge is 2.27. The Bertz CT molecular complexity index is 1710. The van der Waals surface area contributed by atoms with Crippen LogP contribution in [0.15, 0.2) is 52.5 Å². The third-order valence-corrected chi connectivity index (χ3v) is 6.23. The summed E-state index contributed by atoms with van der Waals surface area (Å²) >= 11 is 0. The van der Waals surface area contributed by atoms with Crippen molar-refractivity contribution in [1.82, 2.24) is 19.5 Å². The van der Waals surface area contributed by atoms with Crippen LogP contribution in [-0.4, -0.2) is 32.3 Å². The summed E-state index contributed by atoms with van der Waals surface area (Å²) in [6.45, 7) is 12.5. The average molecular weight is 528 g/mol. The van der Waals surface area contributed by atoms with Crippen molar-refractivity contribution in [3.05, 3.63) is 65.4 Å². The van der Waals surface area contributed by atoms with Gasteiger partial charge in [0.2, 0.25) is 0 Å². The summed E-state index contributed by atoms with van der Waals surface area (Å²) in [6.07, 6.45) is 10.0. The van der Waals surface area contributed by atoms with E-state index in [4.69, 9.17) is 16.9 Å². The van der Waals surface area contributed by atoms with Crippen molar-refractivity contribution in [2.75, 3.05) is 5.73 Å². The molecule has 198 valence electrons. The van der Waals surface area contributed by atoms with E-state index in [1.165, 1.54) is 24.7 Å². The van der Waals surface area contributed by atoms with E-state index in [9.17, 15) is 0 Å². The Balaban J connectivity index is 2.02. The molecule has 4 aromatic rings. The number of nitrogens with zero attached hydrogens (tertiary/aromatic N) is 6. The number of hydrogen-bond donors (Lipinski definition) is 1. The SMILES string of the molecule is C#Cc1ncc(-c2c(-c3ccc(OC(N=C)=N/C(C)=C\C)c(F)c3)c3c(N)ncnc3n2C(C)C)c(C)c1F. The molecule has 0 saturated carbocycles. The molecule has 0 saturated heterocycles. The van der Waals surface area contributed by atoms with E-state index in [0.29, 0.717) is 39.1 Å². The number of nitrogens with two attached hydrogens (primary N) is 1. The summed E-state index contributed by atoms with van der Waals surface area (Å²) in [5, 5.41) is 0.494. The van der Waals surface area contributed by atoms with Crippen LogP contribution < -0.4 is 10.5 Å². The molecule has 2 N–H and O–H groups in total. The number of pyridine rings is 1. The highest BCUT2D eigenvalue weighted by molar-refractivity contribution is 6.08. The normalized spacial score (nSPS) is 12.2. The van der Waals surface area contributed by atoms with Gasteiger partial charge in [0.1, 0.15) is 23.5 Å². The molecule has 0 atom stereocenters. The highest BCUT2D eigenvalue weighted by Crippen LogP contribution is 2.45. The number of fused-ring (bicyclic) bond motifs is 1. The van der Waals surface area contributed by atoms with Gasteiger partial charge < -0.3 is 15.0 Å². The second-order valence-electron chi connectivity index (χ2n) is 8.98. The van der Waals surface area contributed by atoms with Gasteiger partial charge >= 0.3 is 6.02 Å². The van der Waals surface area contributed by atoms with E-state index < -0.39 is 11.6 Å². The summed E-state index contributed by atoms with van der Waals surface area (Å²) in [5.41, 5.74) is 9.63. The maximum absolute atomic E-state index is 15.5. The number of aliphatic imine (C=N–C) groups is 2. The molecule has 10 heteroatoms. The van der Waals surface area contributed by atoms with Gasteiger partial charge in [0.25, 0.3) is 0 Å². The van der Waals surface area contributed by atoms with Crippen molar-refractivity contribution >= 4 is 29.6 Å². The quantitative estimate of drug-likeness (QED) is 0.188. The van der Waals surface area contributed by atoms with Gasteiger partial charge in [-0.3, -0.25) is 0 Å². The van der Waals surface area contributed by atoms with Crippen LogP contribution in [0.1, 0.15) is 45.0 Å². The molecule has 0 spiro atoms. The molecule has 8 nitrogen and oxygen atoms in total. The number of aromatic nitrogens is 4. The molecule has 0 aliphatic heterocycles. The van der Waals surface area contributed by atoms with Gasteiger partial charge in [0.05, 0.1) is 11.1 Å². The molecule has 4 rings (SSSR count). The smallest absolute Gasteiger partial charge is 0.321 e. The summed E-state index contributed by atoms with van der Waals surface area (Å²) in [5.74, 6) is 1.05. The van der Waals surface area contributed by atoms with Crippen LogP contribution in [0.25, 0.3) is 33.4 Å². The fourth-order valence-corrected chi connectivity index (χ4v) is 4.27. The van der Waals surface area contributed by atoms with E-state index in [1.54, 1.807) is 32.9 Å². The Labute approximate surface area is 225 Å². The molecule has 0 aliphatic rings. The van der Waals surface area contributed by atoms with Crippen molar-refractivity contribution in [2.45, 2.75) is 40.7 Å². The average Bonchev–Trinajstić information content (AvgIpc) is 3.27. The van der Waals surface area contributed by atoms with Crippen molar-refractivity contribution in [1.29, 1.82) is 0 Å². The van der Waals surface area contributed by atoms with E-state index in [-0.39, 0.29) is 34.9 Å². The standard InChI is InChI=1S/C29H27F2N7O/c1-8-16(5)37-29(33-7)39-22-11-10-18(12-20(22)30)23-24-27(32)35-14-36-28(24)38(15(3)4)26(23)19-13-34-21(9-2)25(31)17(19)6/h2,8,10-15H,7H2,1,3-6H3,(H2,32,35,36)/b16-8-,37-29?. The number of allylic oxidation sites excluding steroid dienone is 2. The van der Waals surface area contributed by atoms with Gasteiger partial charge in [-0.15, -0.1) is 6.42 Å². The van der Waals surface area contributed by atoms with Crippen molar-refractivity contribution < 1.29 is 13.5 Å². The Morgan fingerprint density at radius 1 is 1.26 bits per heavy atom. The minimum atomic E-state index is -0.683. The number of nitrogen functional groups attached to an aromatic ring is 1. The lowest BCUT2D eigenvalue weighted by molar-refractivity contribution is 0.486. The van der Waals surface area contributed by atoms with Crippen molar-refractivity contribution in [3.8, 4) is 40.5 Å². The van der Waals surface area contributed by atoms with Crippen LogP contribution in [0.2, 0.25) is 0 Å². The molecule has 1 aromatic carbocycles. The second-order valence-corrected chi connectivity index (χ2v) is 8.98. The Morgan fingerprint density at radius 2 is 2.00 bits per heavy atom. The van der Waals surface area contributed by atoms with Crippen LogP contribution >= 0.6 is 0 Å². The molecule has 0 aliphatic carbocycles. The Hall–Kier alpha value is -4.91. The van der Waals surface area contributed by atoms with Crippen molar-refractivity contribution in [3.63, 3.8) is 0 Å². The molecule has 3 heterocycles. The number of amidine groups is 1. The van der Waals surface area contributed by atoms with Gasteiger partial charge in [-0.2, -0.15) is 0 Å². The lowest BCUT2D eigenvalue weighted by Gasteiger charge is -2.18. The lowest BCUT2D eigenvalue weighted by Crippen LogP contribution is -2.07. The van der Waals surface area contributed by atoms with Crippen LogP contribution in [0, 0.1) is 30.9 Å². The van der Waals surface area contributed by atoms with E-state index in [2.05, 4.69) is 37.6 Å². The molecular formula is C29H27F2N7O. The van der Waals surface area contributed by atoms with Crippen molar-refractivity contribution in [2.24, 2.45) is 9.98 Å². The molecule has 0 amide bonds. The molecule has 0 radical (unpaired) electrons. The molecule has 3 aromatic heterocycles. The second kappa shape index (κ2) is 10.8. The van der Waals surface area contributed by atoms with Crippen LogP contribution in [0.5, 0.6) is 5.75 Å². The Kier molecular flexibility index (Phi) is 7.54. The van der Waals surface area contributed by atoms with Gasteiger partial charge in [0.15, 0.2) is 17.4 Å². The fraction of sp³-hybridized carbons (Fsp3) is 0.207. The van der Waals surface area contributed by atoms with E-state index in [0.717, 1.165) is 0 Å². The van der Waals surface area contributed by atoms with Gasteiger partial charge in [-0.25, -0.2) is 33.7 Å². The van der Waals surface area contributed by atoms with Crippen LogP contribution in [-0.2, 0) is 0 Å². The number of halogens is 2. The first-order valence-corrected chi connectivity index (χ1v) is 12.0. The maximum Gasteiger partial charge on any atom is 0.321 e. The molecule has 0 bridgehead atoms. The topological polar surface area (TPSA) is 104 Å². The Morgan fingerprint density at radius 3 is 2.62 bits per heavy atom. The zero-order valence-electron chi connectivity index (χ0n) is 22.3. The first-order chi connectivity index (χ1) is 18.6. The number of anilines is 1. The number of terminal acetylenes is 1. The number of ether oxygens (including phenoxy) is 1. The monoisotopic (exact) mass is 527 g/mol. The summed E-state index contributed by atoms with van der Waals surface area (Å²) in [7, 11) is 0. The minimum Gasteiger partial charge on any atom is -0.421 e. The number of benzene rings is 1. The van der Waals surface area contributed by atoms with E-state index in [1.807, 2.05) is 18.4 Å². The molecular weight excluding hydrogens is 500 g/mol. The zero-order valence-corrected chi connectivity index (χ0v) is 22.3. The summed E-state index contributed by atoms with van der Waals surface area (Å²) in [6, 6.07) is 4.17. The van der Waals surface area contributed by atoms with Gasteiger partial charge in [0, 0.05) is 29.1 Å². The summed E-state index contributed by atoms with van der Waals surface area (Å²) < 4.78 is 38.1. The number of rotatable bonds is 5. The maximum atomic E-state index is 15.5. The highest BCUT2D eigenvalue weighted by atomic mass is 19.1. The first kappa shape index (κ1) is 27.1. The molecule has 0 fully saturated rings. The predicted octanol–water partition coefficient (Wildman–Crippen LogP) is 6.25. The molecule has 39 heavy (non-hydrogen) atoms. The van der Waals surface area contributed by atoms with Crippen LogP contribution in [0.4, 0.5) is 14.6 Å². The fourth-order valence-electron chi connectivity index (χ4n) is 4.27. The minimum absolute atomic E-state index is 0.0988.